The predicted molar refractivity (Wildman–Crippen MR) is 81.9 cm³/mol. The number of aliphatic hydroxyl groups is 1. The Kier molecular flexibility index (Phi) is 2.17. The molecule has 0 aromatic heterocycles. The monoisotopic (exact) mass is 300 g/mol. The maximum atomic E-state index is 10.5. The number of likely N-dealkylation sites (N-methyl/N-ethyl adjacent to an activating group) is 1. The third-order valence-corrected chi connectivity index (χ3v) is 6.70. The minimum Gasteiger partial charge on any atom is -0.504 e. The second-order valence-corrected chi connectivity index (χ2v) is 7.95. The van der Waals surface area contributed by atoms with E-state index in [0.717, 1.165) is 23.9 Å². The number of aliphatic hydroxyl groups excluding tert-OH is 1. The van der Waals surface area contributed by atoms with E-state index in [1.165, 1.54) is 11.1 Å². The third-order valence-electron chi connectivity index (χ3n) is 6.70. The SMILES string of the molecule is C[N+]1(C)CC[C@]23c4c5ccc(O)c4O[C@@H]2[C@@H](O)C=C[C@H]3[C@H]1C5. The Hall–Kier alpha value is -1.52. The largest absolute Gasteiger partial charge is 0.504 e. The van der Waals surface area contributed by atoms with Gasteiger partial charge in [-0.3, -0.25) is 0 Å². The van der Waals surface area contributed by atoms with Crippen LogP contribution in [0.1, 0.15) is 17.5 Å². The molecular weight excluding hydrogens is 278 g/mol. The van der Waals surface area contributed by atoms with E-state index in [1.807, 2.05) is 6.08 Å². The van der Waals surface area contributed by atoms with Crippen molar-refractivity contribution in [3.8, 4) is 11.5 Å². The van der Waals surface area contributed by atoms with E-state index in [9.17, 15) is 10.2 Å². The van der Waals surface area contributed by atoms with Crippen molar-refractivity contribution in [3.63, 3.8) is 0 Å². The minimum absolute atomic E-state index is 0.158. The predicted octanol–water partition coefficient (Wildman–Crippen LogP) is 1.34. The molecule has 116 valence electrons. The fraction of sp³-hybridized carbons (Fsp3) is 0.556. The van der Waals surface area contributed by atoms with Crippen LogP contribution in [0.4, 0.5) is 0 Å². The van der Waals surface area contributed by atoms with Crippen molar-refractivity contribution in [2.24, 2.45) is 5.92 Å². The van der Waals surface area contributed by atoms with Crippen LogP contribution in [-0.2, 0) is 11.8 Å². The molecule has 1 spiro atoms. The summed E-state index contributed by atoms with van der Waals surface area (Å²) in [6, 6.07) is 4.31. The molecule has 22 heavy (non-hydrogen) atoms. The van der Waals surface area contributed by atoms with Crippen molar-refractivity contribution >= 4 is 0 Å². The number of quaternary nitrogens is 1. The van der Waals surface area contributed by atoms with Crippen molar-refractivity contribution in [1.82, 2.24) is 0 Å². The Bertz CT molecular complexity index is 711. The van der Waals surface area contributed by atoms with Crippen LogP contribution in [0, 0.1) is 5.92 Å². The Labute approximate surface area is 130 Å². The Balaban J connectivity index is 1.84. The summed E-state index contributed by atoms with van der Waals surface area (Å²) in [5.74, 6) is 1.22. The van der Waals surface area contributed by atoms with Crippen molar-refractivity contribution in [2.45, 2.75) is 36.5 Å². The van der Waals surface area contributed by atoms with Crippen molar-refractivity contribution < 1.29 is 19.4 Å². The van der Waals surface area contributed by atoms with E-state index in [1.54, 1.807) is 6.07 Å². The zero-order valence-corrected chi connectivity index (χ0v) is 13.0. The van der Waals surface area contributed by atoms with Gasteiger partial charge in [0.15, 0.2) is 11.5 Å². The third kappa shape index (κ3) is 1.24. The number of hydrogen-bond acceptors (Lipinski definition) is 3. The first kappa shape index (κ1) is 13.0. The highest BCUT2D eigenvalue weighted by molar-refractivity contribution is 5.61. The molecule has 5 rings (SSSR count). The van der Waals surface area contributed by atoms with E-state index in [0.29, 0.717) is 17.7 Å². The van der Waals surface area contributed by atoms with Crippen LogP contribution >= 0.6 is 0 Å². The topological polar surface area (TPSA) is 49.7 Å². The summed E-state index contributed by atoms with van der Waals surface area (Å²) in [4.78, 5) is 0. The molecule has 4 heteroatoms. The first-order valence-electron chi connectivity index (χ1n) is 8.16. The van der Waals surface area contributed by atoms with Gasteiger partial charge in [-0.25, -0.2) is 0 Å². The molecule has 4 aliphatic rings. The number of phenols is 1. The summed E-state index contributed by atoms with van der Waals surface area (Å²) < 4.78 is 7.14. The lowest BCUT2D eigenvalue weighted by Gasteiger charge is -2.58. The smallest absolute Gasteiger partial charge is 0.165 e. The van der Waals surface area contributed by atoms with Gasteiger partial charge in [0.05, 0.1) is 26.1 Å². The van der Waals surface area contributed by atoms with Crippen LogP contribution in [0.15, 0.2) is 24.3 Å². The number of phenolic OH excluding ortho intramolecular Hbond substituents is 1. The quantitative estimate of drug-likeness (QED) is 0.561. The van der Waals surface area contributed by atoms with Crippen LogP contribution in [0.25, 0.3) is 0 Å². The molecule has 2 aliphatic carbocycles. The van der Waals surface area contributed by atoms with Gasteiger partial charge < -0.3 is 19.4 Å². The highest BCUT2D eigenvalue weighted by Crippen LogP contribution is 2.63. The molecule has 5 atom stereocenters. The number of benzene rings is 1. The van der Waals surface area contributed by atoms with Crippen LogP contribution in [0.2, 0.25) is 0 Å². The van der Waals surface area contributed by atoms with Crippen molar-refractivity contribution in [1.29, 1.82) is 0 Å². The fourth-order valence-corrected chi connectivity index (χ4v) is 5.60. The molecular formula is C18H22NO3+. The van der Waals surface area contributed by atoms with Gasteiger partial charge in [0, 0.05) is 24.3 Å². The number of piperidine rings is 1. The molecule has 2 heterocycles. The molecule has 2 aliphatic heterocycles. The number of likely N-dealkylation sites (tertiary alicyclic amines) is 1. The second kappa shape index (κ2) is 3.69. The van der Waals surface area contributed by atoms with E-state index in [2.05, 4.69) is 26.2 Å². The van der Waals surface area contributed by atoms with Gasteiger partial charge in [-0.15, -0.1) is 0 Å². The zero-order chi connectivity index (χ0) is 15.3. The van der Waals surface area contributed by atoms with Crippen molar-refractivity contribution in [3.05, 3.63) is 35.4 Å². The maximum Gasteiger partial charge on any atom is 0.165 e. The van der Waals surface area contributed by atoms with Gasteiger partial charge in [0.1, 0.15) is 18.2 Å². The highest BCUT2D eigenvalue weighted by atomic mass is 16.5. The molecule has 2 bridgehead atoms. The van der Waals surface area contributed by atoms with Crippen molar-refractivity contribution in [2.75, 3.05) is 20.6 Å². The Morgan fingerprint density at radius 2 is 2.09 bits per heavy atom. The second-order valence-electron chi connectivity index (χ2n) is 7.95. The van der Waals surface area contributed by atoms with Crippen LogP contribution in [0.5, 0.6) is 11.5 Å². The minimum atomic E-state index is -0.594. The molecule has 1 aromatic rings. The molecule has 0 radical (unpaired) electrons. The normalized spacial score (nSPS) is 42.7. The lowest BCUT2D eigenvalue weighted by Crippen LogP contribution is -2.70. The summed E-state index contributed by atoms with van der Waals surface area (Å²) >= 11 is 0. The zero-order valence-electron chi connectivity index (χ0n) is 13.0. The highest BCUT2D eigenvalue weighted by Gasteiger charge is 2.67. The van der Waals surface area contributed by atoms with E-state index < -0.39 is 6.10 Å². The van der Waals surface area contributed by atoms with E-state index in [4.69, 9.17) is 4.74 Å². The summed E-state index contributed by atoms with van der Waals surface area (Å²) in [7, 11) is 4.63. The molecule has 1 fully saturated rings. The van der Waals surface area contributed by atoms with Crippen LogP contribution in [0.3, 0.4) is 0 Å². The maximum absolute atomic E-state index is 10.5. The number of ether oxygens (including phenoxy) is 1. The first-order chi connectivity index (χ1) is 10.4. The fourth-order valence-electron chi connectivity index (χ4n) is 5.60. The summed E-state index contributed by atoms with van der Waals surface area (Å²) in [6.07, 6.45) is 5.28. The molecule has 4 nitrogen and oxygen atoms in total. The average molecular weight is 300 g/mol. The molecule has 0 saturated carbocycles. The summed E-state index contributed by atoms with van der Waals surface area (Å²) in [5, 5.41) is 20.8. The first-order valence-corrected chi connectivity index (χ1v) is 8.16. The summed E-state index contributed by atoms with van der Waals surface area (Å²) in [5.41, 5.74) is 2.32. The van der Waals surface area contributed by atoms with Gasteiger partial charge in [-0.2, -0.15) is 0 Å². The van der Waals surface area contributed by atoms with E-state index >= 15 is 0 Å². The van der Waals surface area contributed by atoms with E-state index in [-0.39, 0.29) is 17.3 Å². The Morgan fingerprint density at radius 1 is 1.27 bits per heavy atom. The van der Waals surface area contributed by atoms with Gasteiger partial charge in [-0.1, -0.05) is 18.2 Å². The number of rotatable bonds is 0. The summed E-state index contributed by atoms with van der Waals surface area (Å²) in [6.45, 7) is 1.08. The van der Waals surface area contributed by atoms with Gasteiger partial charge in [-0.05, 0) is 11.6 Å². The molecule has 1 aromatic carbocycles. The van der Waals surface area contributed by atoms with Gasteiger partial charge in [0.25, 0.3) is 0 Å². The lowest BCUT2D eigenvalue weighted by atomic mass is 9.53. The number of hydrogen-bond donors (Lipinski definition) is 2. The molecule has 2 N–H and O–H groups in total. The average Bonchev–Trinajstić information content (AvgIpc) is 2.84. The van der Waals surface area contributed by atoms with Gasteiger partial charge >= 0.3 is 0 Å². The molecule has 1 saturated heterocycles. The lowest BCUT2D eigenvalue weighted by molar-refractivity contribution is -0.926. The van der Waals surface area contributed by atoms with Crippen LogP contribution < -0.4 is 4.74 Å². The van der Waals surface area contributed by atoms with Gasteiger partial charge in [0.2, 0.25) is 0 Å². The number of nitrogens with zero attached hydrogens (tertiary/aromatic N) is 1. The molecule has 0 amide bonds. The van der Waals surface area contributed by atoms with Crippen LogP contribution in [-0.4, -0.2) is 53.6 Å². The standard InChI is InChI=1S/C18H21NO3/c1-19(2)8-7-18-11-4-6-14(21)17(18)22-16-13(20)5-3-10(15(16)18)9-12(11)19/h3-6,11-12,14,17,21H,7-9H2,1-2H3/p+1/t11-,12+,14-,17+,18-/m0/s1. The Morgan fingerprint density at radius 3 is 2.91 bits per heavy atom. The molecule has 0 unspecified atom stereocenters. The number of aromatic hydroxyl groups is 1.